The molecule has 0 atom stereocenters. The monoisotopic (exact) mass is 608 g/mol. The molecule has 48 heavy (non-hydrogen) atoms. The average molecular weight is 609 g/mol. The zero-order chi connectivity index (χ0) is 31.3. The molecule has 2 heterocycles. The highest BCUT2D eigenvalue weighted by Crippen LogP contribution is 2.49. The van der Waals surface area contributed by atoms with Crippen LogP contribution in [0.4, 0.5) is 0 Å². The quantitative estimate of drug-likeness (QED) is 0.136. The molecule has 0 N–H and O–H groups in total. The van der Waals surface area contributed by atoms with Gasteiger partial charge in [-0.2, -0.15) is 0 Å². The molecule has 9 aromatic carbocycles. The number of nitrogens with zero attached hydrogens (tertiary/aromatic N) is 2. The molecule has 0 aliphatic rings. The minimum Gasteiger partial charge on any atom is -0.308 e. The molecular formula is C46H28N2. The highest BCUT2D eigenvalue weighted by atomic mass is 15.0. The summed E-state index contributed by atoms with van der Waals surface area (Å²) in [6.07, 6.45) is 0. The van der Waals surface area contributed by atoms with Gasteiger partial charge in [-0.3, -0.25) is 0 Å². The van der Waals surface area contributed by atoms with E-state index in [1.54, 1.807) is 0 Å². The van der Waals surface area contributed by atoms with Gasteiger partial charge in [0, 0.05) is 43.1 Å². The van der Waals surface area contributed by atoms with Crippen molar-refractivity contribution >= 4 is 86.7 Å². The smallest absolute Gasteiger partial charge is 0.0626 e. The fourth-order valence-corrected chi connectivity index (χ4v) is 8.59. The Bertz CT molecular complexity index is 2800. The van der Waals surface area contributed by atoms with Crippen LogP contribution in [-0.2, 0) is 0 Å². The minimum atomic E-state index is 1.21. The number of hydrogen-bond acceptors (Lipinski definition) is 0. The summed E-state index contributed by atoms with van der Waals surface area (Å²) in [6.45, 7) is 0. The molecule has 0 saturated carbocycles. The van der Waals surface area contributed by atoms with Crippen LogP contribution in [0.25, 0.3) is 98.1 Å². The maximum absolute atomic E-state index is 2.53. The Balaban J connectivity index is 1.51. The molecule has 0 spiro atoms. The molecule has 2 aromatic heterocycles. The summed E-state index contributed by atoms with van der Waals surface area (Å²) in [5, 5.41) is 15.1. The van der Waals surface area contributed by atoms with Gasteiger partial charge in [0.1, 0.15) is 0 Å². The SMILES string of the molecule is c1ccc2c(-n3c4ccccc4c4ccccc43)c3c4ccccc4c4ccccc4c3c(-n3c4ccccc4c4ccccc43)c2c1. The number of para-hydroxylation sites is 4. The van der Waals surface area contributed by atoms with Crippen LogP contribution in [0.3, 0.4) is 0 Å². The molecule has 0 saturated heterocycles. The van der Waals surface area contributed by atoms with Crippen molar-refractivity contribution in [2.24, 2.45) is 0 Å². The Morgan fingerprint density at radius 2 is 0.438 bits per heavy atom. The van der Waals surface area contributed by atoms with Crippen LogP contribution in [0.15, 0.2) is 170 Å². The third-order valence-electron chi connectivity index (χ3n) is 10.5. The predicted octanol–water partition coefficient (Wildman–Crippen LogP) is 12.5. The highest BCUT2D eigenvalue weighted by Gasteiger charge is 2.25. The van der Waals surface area contributed by atoms with E-state index in [0.29, 0.717) is 0 Å². The Kier molecular flexibility index (Phi) is 5.14. The lowest BCUT2D eigenvalue weighted by atomic mass is 9.89. The molecule has 0 aliphatic heterocycles. The van der Waals surface area contributed by atoms with E-state index in [1.807, 2.05) is 0 Å². The molecule has 0 radical (unpaired) electrons. The first-order valence-corrected chi connectivity index (χ1v) is 16.6. The van der Waals surface area contributed by atoms with Crippen LogP contribution in [0, 0.1) is 0 Å². The molecule has 222 valence electrons. The van der Waals surface area contributed by atoms with Gasteiger partial charge in [0.2, 0.25) is 0 Å². The van der Waals surface area contributed by atoms with Gasteiger partial charge in [0.05, 0.1) is 33.4 Å². The van der Waals surface area contributed by atoms with Crippen molar-refractivity contribution in [2.75, 3.05) is 0 Å². The molecule has 11 aromatic rings. The van der Waals surface area contributed by atoms with Crippen molar-refractivity contribution in [1.82, 2.24) is 9.13 Å². The summed E-state index contributed by atoms with van der Waals surface area (Å²) >= 11 is 0. The van der Waals surface area contributed by atoms with E-state index < -0.39 is 0 Å². The van der Waals surface area contributed by atoms with E-state index >= 15 is 0 Å². The number of benzene rings is 9. The first-order valence-electron chi connectivity index (χ1n) is 16.6. The van der Waals surface area contributed by atoms with Crippen molar-refractivity contribution in [3.05, 3.63) is 170 Å². The third-order valence-corrected chi connectivity index (χ3v) is 10.5. The summed E-state index contributed by atoms with van der Waals surface area (Å²) in [7, 11) is 0. The lowest BCUT2D eigenvalue weighted by Gasteiger charge is -2.23. The Labute approximate surface area is 276 Å². The zero-order valence-electron chi connectivity index (χ0n) is 26.1. The molecule has 0 fully saturated rings. The van der Waals surface area contributed by atoms with Crippen LogP contribution >= 0.6 is 0 Å². The first-order chi connectivity index (χ1) is 23.9. The average Bonchev–Trinajstić information content (AvgIpc) is 3.67. The summed E-state index contributed by atoms with van der Waals surface area (Å²) in [5.41, 5.74) is 7.31. The van der Waals surface area contributed by atoms with Gasteiger partial charge in [-0.1, -0.05) is 146 Å². The van der Waals surface area contributed by atoms with Crippen molar-refractivity contribution < 1.29 is 0 Å². The van der Waals surface area contributed by atoms with Gasteiger partial charge in [-0.15, -0.1) is 0 Å². The molecule has 0 aliphatic carbocycles. The second-order valence-electron chi connectivity index (χ2n) is 12.8. The molecule has 0 unspecified atom stereocenters. The molecule has 2 nitrogen and oxygen atoms in total. The molecule has 2 heteroatoms. The van der Waals surface area contributed by atoms with Crippen molar-refractivity contribution in [2.45, 2.75) is 0 Å². The molecule has 0 amide bonds. The number of fused-ring (bicyclic) bond motifs is 13. The van der Waals surface area contributed by atoms with Gasteiger partial charge in [0.15, 0.2) is 0 Å². The topological polar surface area (TPSA) is 9.86 Å². The maximum atomic E-state index is 2.53. The summed E-state index contributed by atoms with van der Waals surface area (Å²) in [5.74, 6) is 0. The Morgan fingerprint density at radius 1 is 0.208 bits per heavy atom. The van der Waals surface area contributed by atoms with Crippen LogP contribution in [-0.4, -0.2) is 9.13 Å². The lowest BCUT2D eigenvalue weighted by molar-refractivity contribution is 1.20. The molecular weight excluding hydrogens is 581 g/mol. The van der Waals surface area contributed by atoms with E-state index in [0.717, 1.165) is 0 Å². The predicted molar refractivity (Wildman–Crippen MR) is 205 cm³/mol. The van der Waals surface area contributed by atoms with E-state index in [4.69, 9.17) is 0 Å². The number of rotatable bonds is 2. The number of aromatic nitrogens is 2. The van der Waals surface area contributed by atoms with Gasteiger partial charge < -0.3 is 9.13 Å². The molecule has 11 rings (SSSR count). The van der Waals surface area contributed by atoms with Crippen LogP contribution in [0.5, 0.6) is 0 Å². The van der Waals surface area contributed by atoms with E-state index in [2.05, 4.69) is 179 Å². The minimum absolute atomic E-state index is 1.21. The second-order valence-corrected chi connectivity index (χ2v) is 12.8. The van der Waals surface area contributed by atoms with Crippen LogP contribution in [0.2, 0.25) is 0 Å². The van der Waals surface area contributed by atoms with E-state index in [1.165, 1.54) is 98.1 Å². The van der Waals surface area contributed by atoms with Gasteiger partial charge in [0.25, 0.3) is 0 Å². The molecule has 0 bridgehead atoms. The standard InChI is InChI=1S/C46H28N2/c1-3-21-35-29(15-1)30-16-2-4-22-36(30)44-43(35)45(47-39-25-11-7-17-31(39)32-18-8-12-26-40(32)47)37-23-5-6-24-38(37)46(44)48-41-27-13-9-19-33(41)34-20-10-14-28-42(34)48/h1-28H. The first kappa shape index (κ1) is 25.8. The third kappa shape index (κ3) is 3.26. The fraction of sp³-hybridized carbons (Fsp3) is 0. The summed E-state index contributed by atoms with van der Waals surface area (Å²) < 4.78 is 5.07. The number of hydrogen-bond donors (Lipinski definition) is 0. The summed E-state index contributed by atoms with van der Waals surface area (Å²) in [4.78, 5) is 0. The van der Waals surface area contributed by atoms with E-state index in [9.17, 15) is 0 Å². The van der Waals surface area contributed by atoms with E-state index in [-0.39, 0.29) is 0 Å². The lowest BCUT2D eigenvalue weighted by Crippen LogP contribution is -2.04. The van der Waals surface area contributed by atoms with Crippen molar-refractivity contribution in [3.8, 4) is 11.4 Å². The normalized spacial score (nSPS) is 12.2. The summed E-state index contributed by atoms with van der Waals surface area (Å²) in [6, 6.07) is 62.5. The zero-order valence-corrected chi connectivity index (χ0v) is 26.1. The van der Waals surface area contributed by atoms with Gasteiger partial charge >= 0.3 is 0 Å². The second kappa shape index (κ2) is 9.57. The van der Waals surface area contributed by atoms with Gasteiger partial charge in [-0.25, -0.2) is 0 Å². The van der Waals surface area contributed by atoms with Crippen molar-refractivity contribution in [3.63, 3.8) is 0 Å². The highest BCUT2D eigenvalue weighted by molar-refractivity contribution is 6.34. The van der Waals surface area contributed by atoms with Gasteiger partial charge in [-0.05, 0) is 45.8 Å². The maximum Gasteiger partial charge on any atom is 0.0626 e. The van der Waals surface area contributed by atoms with Crippen molar-refractivity contribution in [1.29, 1.82) is 0 Å². The fourth-order valence-electron chi connectivity index (χ4n) is 8.59. The van der Waals surface area contributed by atoms with Crippen LogP contribution < -0.4 is 0 Å². The Morgan fingerprint density at radius 3 is 0.750 bits per heavy atom. The largest absolute Gasteiger partial charge is 0.308 e. The van der Waals surface area contributed by atoms with Crippen LogP contribution in [0.1, 0.15) is 0 Å². The Hall–Kier alpha value is -6.38.